The zero-order chi connectivity index (χ0) is 22.0. The molecule has 1 aromatic carbocycles. The van der Waals surface area contributed by atoms with E-state index in [1.165, 1.54) is 4.90 Å². The molecule has 0 atom stereocenters. The third kappa shape index (κ3) is 4.50. The minimum absolute atomic E-state index is 0.0921. The van der Waals surface area contributed by atoms with Crippen LogP contribution in [0.1, 0.15) is 38.2 Å². The molecule has 3 aliphatic heterocycles. The predicted molar refractivity (Wildman–Crippen MR) is 116 cm³/mol. The second-order valence-corrected chi connectivity index (χ2v) is 8.95. The number of halogens is 1. The van der Waals surface area contributed by atoms with Crippen molar-refractivity contribution in [1.29, 1.82) is 0 Å². The predicted octanol–water partition coefficient (Wildman–Crippen LogP) is 2.85. The average Bonchev–Trinajstić information content (AvgIpc) is 2.99. The van der Waals surface area contributed by atoms with E-state index in [0.29, 0.717) is 32.5 Å². The molecule has 0 bridgehead atoms. The number of amides is 4. The van der Waals surface area contributed by atoms with Crippen LogP contribution in [0.5, 0.6) is 0 Å². The number of ether oxygens (including phenoxy) is 1. The number of benzene rings is 1. The summed E-state index contributed by atoms with van der Waals surface area (Å²) in [5, 5.41) is 3.67. The van der Waals surface area contributed by atoms with Gasteiger partial charge in [-0.15, -0.1) is 0 Å². The van der Waals surface area contributed by atoms with Gasteiger partial charge in [0.05, 0.1) is 6.61 Å². The molecule has 0 aliphatic carbocycles. The van der Waals surface area contributed by atoms with E-state index in [9.17, 15) is 14.4 Å². The number of likely N-dealkylation sites (tertiary alicyclic amines) is 2. The van der Waals surface area contributed by atoms with Crippen LogP contribution in [0.4, 0.5) is 9.59 Å². The number of nitrogens with one attached hydrogen (secondary N) is 1. The first kappa shape index (κ1) is 21.9. The van der Waals surface area contributed by atoms with Gasteiger partial charge in [0.25, 0.3) is 5.91 Å². The summed E-state index contributed by atoms with van der Waals surface area (Å²) in [4.78, 5) is 43.3. The molecule has 0 radical (unpaired) electrons. The number of carbonyl (C=O) groups excluding carboxylic acids is 3. The zero-order valence-corrected chi connectivity index (χ0v) is 18.6. The lowest BCUT2D eigenvalue weighted by atomic mass is 9.87. The Hall–Kier alpha value is -2.32. The van der Waals surface area contributed by atoms with E-state index in [-0.39, 0.29) is 24.1 Å². The lowest BCUT2D eigenvalue weighted by Crippen LogP contribution is -2.56. The third-order valence-corrected chi connectivity index (χ3v) is 6.79. The summed E-state index contributed by atoms with van der Waals surface area (Å²) in [5.41, 5.74) is 0.270. The van der Waals surface area contributed by atoms with Crippen molar-refractivity contribution in [3.8, 4) is 0 Å². The molecule has 3 fully saturated rings. The van der Waals surface area contributed by atoms with Crippen LogP contribution in [0.15, 0.2) is 24.3 Å². The molecular formula is C22H29ClN4O4. The van der Waals surface area contributed by atoms with Gasteiger partial charge in [0.2, 0.25) is 0 Å². The Balaban J connectivity index is 1.33. The van der Waals surface area contributed by atoms with Gasteiger partial charge in [-0.3, -0.25) is 14.6 Å². The van der Waals surface area contributed by atoms with Crippen molar-refractivity contribution in [2.45, 2.75) is 50.7 Å². The van der Waals surface area contributed by atoms with Gasteiger partial charge in [-0.2, -0.15) is 0 Å². The van der Waals surface area contributed by atoms with Gasteiger partial charge in [0.1, 0.15) is 5.54 Å². The highest BCUT2D eigenvalue weighted by molar-refractivity contribution is 6.30. The molecule has 0 unspecified atom stereocenters. The molecule has 4 amide bonds. The van der Waals surface area contributed by atoms with Crippen molar-refractivity contribution in [2.24, 2.45) is 0 Å². The molecule has 168 valence electrons. The lowest BCUT2D eigenvalue weighted by Gasteiger charge is -2.38. The van der Waals surface area contributed by atoms with Gasteiger partial charge in [0.15, 0.2) is 0 Å². The molecular weight excluding hydrogens is 420 g/mol. The Morgan fingerprint density at radius 3 is 2.55 bits per heavy atom. The summed E-state index contributed by atoms with van der Waals surface area (Å²) in [6.45, 7) is 5.33. The van der Waals surface area contributed by atoms with Crippen LogP contribution in [0.2, 0.25) is 5.02 Å². The molecule has 0 aromatic heterocycles. The van der Waals surface area contributed by atoms with Gasteiger partial charge < -0.3 is 15.0 Å². The Morgan fingerprint density at radius 2 is 1.90 bits per heavy atom. The van der Waals surface area contributed by atoms with E-state index in [2.05, 4.69) is 16.3 Å². The van der Waals surface area contributed by atoms with Gasteiger partial charge in [0, 0.05) is 43.8 Å². The molecule has 31 heavy (non-hydrogen) atoms. The maximum Gasteiger partial charge on any atom is 0.409 e. The fourth-order valence-electron chi connectivity index (χ4n) is 4.83. The van der Waals surface area contributed by atoms with Crippen LogP contribution < -0.4 is 5.32 Å². The number of nitrogens with zero attached hydrogens (tertiary/aromatic N) is 3. The normalized spacial score (nSPS) is 22.1. The Bertz CT molecular complexity index is 848. The Labute approximate surface area is 187 Å². The van der Waals surface area contributed by atoms with Gasteiger partial charge in [-0.1, -0.05) is 23.7 Å². The molecule has 3 aliphatic rings. The Kier molecular flexibility index (Phi) is 6.39. The molecule has 3 saturated heterocycles. The molecule has 4 rings (SSSR count). The van der Waals surface area contributed by atoms with Crippen LogP contribution in [0, 0.1) is 0 Å². The fourth-order valence-corrected chi connectivity index (χ4v) is 5.04. The van der Waals surface area contributed by atoms with E-state index in [1.54, 1.807) is 11.8 Å². The maximum absolute atomic E-state index is 13.3. The Morgan fingerprint density at radius 1 is 1.19 bits per heavy atom. The van der Waals surface area contributed by atoms with E-state index >= 15 is 0 Å². The van der Waals surface area contributed by atoms with Gasteiger partial charge >= 0.3 is 12.1 Å². The maximum atomic E-state index is 13.3. The highest BCUT2D eigenvalue weighted by atomic mass is 35.5. The summed E-state index contributed by atoms with van der Waals surface area (Å²) in [6.07, 6.45) is 1.98. The number of urea groups is 1. The third-order valence-electron chi connectivity index (χ3n) is 6.55. The van der Waals surface area contributed by atoms with Crippen LogP contribution >= 0.6 is 11.6 Å². The van der Waals surface area contributed by atoms with Crippen molar-refractivity contribution >= 4 is 29.6 Å². The zero-order valence-electron chi connectivity index (χ0n) is 17.8. The smallest absolute Gasteiger partial charge is 0.409 e. The summed E-state index contributed by atoms with van der Waals surface area (Å²) in [6, 6.07) is 7.44. The quantitative estimate of drug-likeness (QED) is 0.716. The van der Waals surface area contributed by atoms with Crippen LogP contribution in [0.3, 0.4) is 0 Å². The summed E-state index contributed by atoms with van der Waals surface area (Å²) < 4.78 is 5.05. The monoisotopic (exact) mass is 448 g/mol. The second kappa shape index (κ2) is 9.04. The molecule has 1 aromatic rings. The minimum Gasteiger partial charge on any atom is -0.450 e. The molecule has 8 nitrogen and oxygen atoms in total. The van der Waals surface area contributed by atoms with Gasteiger partial charge in [-0.25, -0.2) is 9.59 Å². The number of hydrogen-bond donors (Lipinski definition) is 1. The molecule has 3 heterocycles. The molecule has 1 N–H and O–H groups in total. The summed E-state index contributed by atoms with van der Waals surface area (Å²) >= 11 is 6.08. The van der Waals surface area contributed by atoms with Crippen LogP contribution in [-0.4, -0.2) is 77.1 Å². The first-order chi connectivity index (χ1) is 14.9. The number of imide groups is 1. The van der Waals surface area contributed by atoms with Crippen LogP contribution in [0.25, 0.3) is 0 Å². The van der Waals surface area contributed by atoms with Crippen molar-refractivity contribution in [3.63, 3.8) is 0 Å². The van der Waals surface area contributed by atoms with Crippen LogP contribution in [-0.2, 0) is 16.1 Å². The first-order valence-corrected chi connectivity index (χ1v) is 11.3. The van der Waals surface area contributed by atoms with Crippen molar-refractivity contribution in [2.75, 3.05) is 32.8 Å². The lowest BCUT2D eigenvalue weighted by molar-refractivity contribution is -0.135. The van der Waals surface area contributed by atoms with Crippen molar-refractivity contribution in [1.82, 2.24) is 20.0 Å². The highest BCUT2D eigenvalue weighted by Crippen LogP contribution is 2.33. The van der Waals surface area contributed by atoms with E-state index in [1.807, 2.05) is 18.2 Å². The second-order valence-electron chi connectivity index (χ2n) is 8.51. The summed E-state index contributed by atoms with van der Waals surface area (Å²) in [5.74, 6) is -0.144. The van der Waals surface area contributed by atoms with Gasteiger partial charge in [-0.05, 0) is 50.3 Å². The van der Waals surface area contributed by atoms with E-state index in [0.717, 1.165) is 43.1 Å². The standard InChI is InChI=1S/C22H29ClN4O4/c1-2-31-21(30)26-12-8-22(9-13-26)19(28)27(20(29)24-22)18-6-10-25(11-7-18)15-16-4-3-5-17(23)14-16/h3-5,14,18H,2,6-13,15H2,1H3,(H,24,29). The summed E-state index contributed by atoms with van der Waals surface area (Å²) in [7, 11) is 0. The SMILES string of the molecule is CCOC(=O)N1CCC2(CC1)NC(=O)N(C1CCN(Cc3cccc(Cl)c3)CC1)C2=O. The first-order valence-electron chi connectivity index (χ1n) is 11.0. The minimum atomic E-state index is -0.891. The van der Waals surface area contributed by atoms with Crippen molar-refractivity contribution < 1.29 is 19.1 Å². The number of rotatable bonds is 4. The van der Waals surface area contributed by atoms with E-state index in [4.69, 9.17) is 16.3 Å². The highest BCUT2D eigenvalue weighted by Gasteiger charge is 2.54. The largest absolute Gasteiger partial charge is 0.450 e. The number of hydrogen-bond acceptors (Lipinski definition) is 5. The van der Waals surface area contributed by atoms with Crippen molar-refractivity contribution in [3.05, 3.63) is 34.9 Å². The topological polar surface area (TPSA) is 82.2 Å². The average molecular weight is 449 g/mol. The molecule has 1 spiro atoms. The molecule has 0 saturated carbocycles. The fraction of sp³-hybridized carbons (Fsp3) is 0.591. The number of carbonyl (C=O) groups is 3. The number of piperidine rings is 2. The van der Waals surface area contributed by atoms with E-state index < -0.39 is 5.54 Å². The molecule has 9 heteroatoms.